The molecule has 0 saturated carbocycles. The maximum atomic E-state index is 12.8. The zero-order valence-corrected chi connectivity index (χ0v) is 16.3. The Morgan fingerprint density at radius 2 is 2.00 bits per heavy atom. The predicted molar refractivity (Wildman–Crippen MR) is 99.4 cm³/mol. The molecule has 26 heavy (non-hydrogen) atoms. The van der Waals surface area contributed by atoms with Gasteiger partial charge in [-0.2, -0.15) is 0 Å². The smallest absolute Gasteiger partial charge is 0.322 e. The summed E-state index contributed by atoms with van der Waals surface area (Å²) in [7, 11) is 0. The third-order valence-corrected chi connectivity index (χ3v) is 4.19. The van der Waals surface area contributed by atoms with Crippen molar-refractivity contribution < 1.29 is 19.8 Å². The van der Waals surface area contributed by atoms with E-state index in [0.29, 0.717) is 17.4 Å². The zero-order chi connectivity index (χ0) is 19.6. The lowest BCUT2D eigenvalue weighted by molar-refractivity contribution is -0.135. The number of halogens is 1. The minimum atomic E-state index is -1.25. The highest BCUT2D eigenvalue weighted by Crippen LogP contribution is 2.28. The Labute approximate surface area is 158 Å². The van der Waals surface area contributed by atoms with Gasteiger partial charge >= 0.3 is 5.97 Å². The fraction of sp³-hybridized carbons (Fsp3) is 0.412. The molecule has 1 amide bonds. The minimum Gasteiger partial charge on any atom is -0.506 e. The molecule has 9 heteroatoms. The van der Waals surface area contributed by atoms with E-state index >= 15 is 0 Å². The van der Waals surface area contributed by atoms with Gasteiger partial charge in [-0.15, -0.1) is 0 Å². The number of carboxylic acid groups (broad SMARTS) is 1. The summed E-state index contributed by atoms with van der Waals surface area (Å²) in [5.74, 6) is -2.72. The Kier molecular flexibility index (Phi) is 5.70. The van der Waals surface area contributed by atoms with Crippen LogP contribution in [0.25, 0.3) is 11.0 Å². The third kappa shape index (κ3) is 4.40. The molecule has 2 aromatic rings. The molecule has 2 heterocycles. The summed E-state index contributed by atoms with van der Waals surface area (Å²) in [6.45, 7) is 5.70. The molecule has 140 valence electrons. The fourth-order valence-electron chi connectivity index (χ4n) is 2.39. The summed E-state index contributed by atoms with van der Waals surface area (Å²) < 4.78 is 1.90. The van der Waals surface area contributed by atoms with Crippen LogP contribution in [0.15, 0.2) is 21.5 Å². The van der Waals surface area contributed by atoms with E-state index in [1.165, 1.54) is 10.8 Å². The van der Waals surface area contributed by atoms with E-state index in [0.717, 1.165) is 0 Å². The van der Waals surface area contributed by atoms with E-state index in [2.05, 4.69) is 26.2 Å². The number of fused-ring (bicyclic) bond motifs is 1. The standard InChI is InChI=1S/C17H20BrN3O5/c1-17(2,3)4-5-21-14-10(6-9(18)7-19-14)13(24)12(16(21)26)15(25)20-8-11(22)23/h6-7,24H,4-5,8H2,1-3H3,(H,20,25)(H,22,23). The molecule has 0 radical (unpaired) electrons. The number of hydrogen-bond acceptors (Lipinski definition) is 5. The number of aromatic hydroxyl groups is 1. The number of carbonyl (C=O) groups excluding carboxylic acids is 1. The van der Waals surface area contributed by atoms with Crippen molar-refractivity contribution in [3.63, 3.8) is 0 Å². The number of carbonyl (C=O) groups is 2. The fourth-order valence-corrected chi connectivity index (χ4v) is 2.72. The molecular weight excluding hydrogens is 406 g/mol. The van der Waals surface area contributed by atoms with Crippen LogP contribution in [0.3, 0.4) is 0 Å². The molecule has 0 atom stereocenters. The van der Waals surface area contributed by atoms with Gasteiger partial charge in [-0.1, -0.05) is 20.8 Å². The zero-order valence-electron chi connectivity index (χ0n) is 14.7. The van der Waals surface area contributed by atoms with Crippen LogP contribution in [0.4, 0.5) is 0 Å². The van der Waals surface area contributed by atoms with Crippen molar-refractivity contribution in [1.29, 1.82) is 0 Å². The quantitative estimate of drug-likeness (QED) is 0.674. The van der Waals surface area contributed by atoms with Crippen molar-refractivity contribution >= 4 is 38.8 Å². The highest BCUT2D eigenvalue weighted by molar-refractivity contribution is 9.10. The molecule has 0 aliphatic carbocycles. The molecule has 0 spiro atoms. The molecule has 0 aromatic carbocycles. The number of hydrogen-bond donors (Lipinski definition) is 3. The van der Waals surface area contributed by atoms with Crippen LogP contribution in [-0.4, -0.2) is 38.2 Å². The number of carboxylic acids is 1. The van der Waals surface area contributed by atoms with Gasteiger partial charge in [-0.05, 0) is 33.8 Å². The number of rotatable bonds is 5. The molecule has 3 N–H and O–H groups in total. The van der Waals surface area contributed by atoms with Crippen LogP contribution in [0, 0.1) is 5.41 Å². The Hall–Kier alpha value is -2.42. The normalized spacial score (nSPS) is 11.5. The van der Waals surface area contributed by atoms with Gasteiger partial charge in [0.15, 0.2) is 0 Å². The number of nitrogens with zero attached hydrogens (tertiary/aromatic N) is 2. The van der Waals surface area contributed by atoms with Crippen LogP contribution in [0.5, 0.6) is 5.75 Å². The summed E-state index contributed by atoms with van der Waals surface area (Å²) in [5, 5.41) is 21.5. The summed E-state index contributed by atoms with van der Waals surface area (Å²) >= 11 is 3.25. The second-order valence-corrected chi connectivity index (χ2v) is 8.01. The first-order chi connectivity index (χ1) is 12.0. The number of aliphatic carboxylic acids is 1. The van der Waals surface area contributed by atoms with E-state index in [9.17, 15) is 19.5 Å². The first kappa shape index (κ1) is 19.9. The molecule has 8 nitrogen and oxygen atoms in total. The van der Waals surface area contributed by atoms with Crippen molar-refractivity contribution in [2.45, 2.75) is 33.7 Å². The SMILES string of the molecule is CC(C)(C)CCn1c(=O)c(C(=O)NCC(=O)O)c(O)c2cc(Br)cnc21. The predicted octanol–water partition coefficient (Wildman–Crippen LogP) is 2.12. The molecule has 0 aliphatic rings. The van der Waals surface area contributed by atoms with Gasteiger partial charge < -0.3 is 15.5 Å². The van der Waals surface area contributed by atoms with Crippen LogP contribution >= 0.6 is 15.9 Å². The lowest BCUT2D eigenvalue weighted by atomic mass is 9.92. The lowest BCUT2D eigenvalue weighted by Gasteiger charge is -2.20. The molecule has 0 fully saturated rings. The summed E-state index contributed by atoms with van der Waals surface area (Å²) in [6, 6.07) is 1.55. The van der Waals surface area contributed by atoms with Gasteiger partial charge in [0.25, 0.3) is 11.5 Å². The average Bonchev–Trinajstić information content (AvgIpc) is 2.52. The Bertz CT molecular complexity index is 931. The second-order valence-electron chi connectivity index (χ2n) is 7.09. The minimum absolute atomic E-state index is 0.0647. The molecule has 0 bridgehead atoms. The number of amides is 1. The highest BCUT2D eigenvalue weighted by atomic mass is 79.9. The monoisotopic (exact) mass is 425 g/mol. The van der Waals surface area contributed by atoms with Crippen LogP contribution in [0.1, 0.15) is 37.6 Å². The van der Waals surface area contributed by atoms with Gasteiger partial charge in [0.1, 0.15) is 23.5 Å². The summed E-state index contributed by atoms with van der Waals surface area (Å²) in [6.07, 6.45) is 2.14. The number of aryl methyl sites for hydroxylation is 1. The van der Waals surface area contributed by atoms with Gasteiger partial charge in [0.05, 0.1) is 5.39 Å². The third-order valence-electron chi connectivity index (χ3n) is 3.75. The van der Waals surface area contributed by atoms with Crippen molar-refractivity contribution in [1.82, 2.24) is 14.9 Å². The van der Waals surface area contributed by atoms with Crippen LogP contribution in [-0.2, 0) is 11.3 Å². The molecule has 0 aliphatic heterocycles. The molecule has 0 unspecified atom stereocenters. The maximum absolute atomic E-state index is 12.8. The molecule has 2 rings (SSSR count). The largest absolute Gasteiger partial charge is 0.506 e. The van der Waals surface area contributed by atoms with Crippen molar-refractivity contribution in [2.75, 3.05) is 6.54 Å². The second kappa shape index (κ2) is 7.45. The van der Waals surface area contributed by atoms with Gasteiger partial charge in [0.2, 0.25) is 0 Å². The number of pyridine rings is 2. The Balaban J connectivity index is 2.66. The van der Waals surface area contributed by atoms with E-state index in [1.807, 2.05) is 20.8 Å². The van der Waals surface area contributed by atoms with E-state index in [4.69, 9.17) is 5.11 Å². The van der Waals surface area contributed by atoms with Gasteiger partial charge in [0, 0.05) is 17.2 Å². The van der Waals surface area contributed by atoms with Gasteiger partial charge in [-0.3, -0.25) is 19.0 Å². The lowest BCUT2D eigenvalue weighted by Crippen LogP contribution is -2.36. The Morgan fingerprint density at radius 1 is 1.35 bits per heavy atom. The first-order valence-electron chi connectivity index (χ1n) is 7.92. The highest BCUT2D eigenvalue weighted by Gasteiger charge is 2.24. The molecular formula is C17H20BrN3O5. The van der Waals surface area contributed by atoms with E-state index < -0.39 is 35.3 Å². The molecule has 2 aromatic heterocycles. The van der Waals surface area contributed by atoms with Crippen molar-refractivity contribution in [3.05, 3.63) is 32.7 Å². The van der Waals surface area contributed by atoms with E-state index in [-0.39, 0.29) is 16.4 Å². The average molecular weight is 426 g/mol. The summed E-state index contributed by atoms with van der Waals surface area (Å²) in [4.78, 5) is 40.0. The number of nitrogens with one attached hydrogen (secondary N) is 1. The Morgan fingerprint density at radius 3 is 2.58 bits per heavy atom. The first-order valence-corrected chi connectivity index (χ1v) is 8.71. The van der Waals surface area contributed by atoms with Crippen molar-refractivity contribution in [3.8, 4) is 5.75 Å². The topological polar surface area (TPSA) is 122 Å². The van der Waals surface area contributed by atoms with Crippen LogP contribution in [0.2, 0.25) is 0 Å². The number of aromatic nitrogens is 2. The van der Waals surface area contributed by atoms with Crippen molar-refractivity contribution in [2.24, 2.45) is 5.41 Å². The van der Waals surface area contributed by atoms with Crippen LogP contribution < -0.4 is 10.9 Å². The summed E-state index contributed by atoms with van der Waals surface area (Å²) in [5.41, 5.74) is -1.01. The molecule has 0 saturated heterocycles. The van der Waals surface area contributed by atoms with E-state index in [1.54, 1.807) is 6.07 Å². The van der Waals surface area contributed by atoms with Gasteiger partial charge in [-0.25, -0.2) is 4.98 Å². The maximum Gasteiger partial charge on any atom is 0.322 e.